The predicted octanol–water partition coefficient (Wildman–Crippen LogP) is 4.60. The predicted molar refractivity (Wildman–Crippen MR) is 103 cm³/mol. The minimum Gasteiger partial charge on any atom is -0.455 e. The Balaban J connectivity index is 1.37. The first-order valence-corrected chi connectivity index (χ1v) is 10.3. The summed E-state index contributed by atoms with van der Waals surface area (Å²) in [7, 11) is 0. The molecule has 1 aromatic rings. The molecule has 4 aliphatic carbocycles. The van der Waals surface area contributed by atoms with Crippen molar-refractivity contribution in [2.45, 2.75) is 42.8 Å². The quantitative estimate of drug-likeness (QED) is 0.525. The van der Waals surface area contributed by atoms with Crippen LogP contribution >= 0.6 is 39.1 Å². The number of hydrogen-bond acceptors (Lipinski definition) is 4. The second-order valence-electron chi connectivity index (χ2n) is 8.00. The highest BCUT2D eigenvalue weighted by Crippen LogP contribution is 2.64. The molecule has 0 radical (unpaired) electrons. The third-order valence-corrected chi connectivity index (χ3v) is 7.25. The zero-order chi connectivity index (χ0) is 18.5. The van der Waals surface area contributed by atoms with Crippen molar-refractivity contribution < 1.29 is 14.3 Å². The number of alkyl halides is 1. The van der Waals surface area contributed by atoms with E-state index in [4.69, 9.17) is 27.9 Å². The molecule has 0 aliphatic heterocycles. The lowest BCUT2D eigenvalue weighted by Gasteiger charge is -2.58. The van der Waals surface area contributed by atoms with Gasteiger partial charge in [0, 0.05) is 10.5 Å². The number of esters is 1. The number of nitrogens with zero attached hydrogens (tertiary/aromatic N) is 1. The van der Waals surface area contributed by atoms with Gasteiger partial charge in [0.15, 0.2) is 12.4 Å². The molecule has 1 heterocycles. The minimum atomic E-state index is -0.464. The summed E-state index contributed by atoms with van der Waals surface area (Å²) in [6.07, 6.45) is 7.44. The van der Waals surface area contributed by atoms with Crippen molar-refractivity contribution in [3.63, 3.8) is 0 Å². The summed E-state index contributed by atoms with van der Waals surface area (Å²) < 4.78 is 5.47. The van der Waals surface area contributed by atoms with E-state index in [1.54, 1.807) is 0 Å². The molecule has 2 unspecified atom stereocenters. The molecule has 1 aromatic heterocycles. The van der Waals surface area contributed by atoms with Gasteiger partial charge in [0.05, 0.1) is 15.5 Å². The minimum absolute atomic E-state index is 0.0686. The monoisotopic (exact) mass is 460 g/mol. The fourth-order valence-electron chi connectivity index (χ4n) is 5.35. The zero-order valence-electron chi connectivity index (χ0n) is 14.1. The van der Waals surface area contributed by atoms with Crippen molar-refractivity contribution in [1.29, 1.82) is 0 Å². The molecule has 4 bridgehead atoms. The second-order valence-corrected chi connectivity index (χ2v) is 10.5. The van der Waals surface area contributed by atoms with E-state index < -0.39 is 11.3 Å². The third kappa shape index (κ3) is 3.48. The number of ether oxygens (including phenoxy) is 1. The number of carbonyl (C=O) groups excluding carboxylic acids is 2. The molecule has 0 spiro atoms. The first-order chi connectivity index (χ1) is 12.3. The summed E-state index contributed by atoms with van der Waals surface area (Å²) in [6.45, 7) is -0.341. The number of halogens is 3. The molecule has 1 N–H and O–H groups in total. The molecular formula is C18H19BrCl2N2O3. The van der Waals surface area contributed by atoms with Crippen molar-refractivity contribution in [3.8, 4) is 0 Å². The van der Waals surface area contributed by atoms with Crippen molar-refractivity contribution >= 4 is 56.8 Å². The molecule has 4 saturated carbocycles. The maximum Gasteiger partial charge on any atom is 0.312 e. The number of aromatic nitrogens is 1. The molecule has 5 rings (SSSR count). The van der Waals surface area contributed by atoms with Gasteiger partial charge in [-0.05, 0) is 56.4 Å². The molecule has 4 fully saturated rings. The van der Waals surface area contributed by atoms with Gasteiger partial charge in [-0.3, -0.25) is 9.59 Å². The van der Waals surface area contributed by atoms with Crippen LogP contribution in [0, 0.1) is 17.3 Å². The first kappa shape index (κ1) is 18.5. The van der Waals surface area contributed by atoms with Crippen molar-refractivity contribution in [1.82, 2.24) is 4.98 Å². The number of hydrogen-bond donors (Lipinski definition) is 1. The van der Waals surface area contributed by atoms with Crippen LogP contribution in [0.5, 0.6) is 0 Å². The van der Waals surface area contributed by atoms with Gasteiger partial charge in [-0.15, -0.1) is 0 Å². The Morgan fingerprint density at radius 1 is 1.27 bits per heavy atom. The largest absolute Gasteiger partial charge is 0.455 e. The van der Waals surface area contributed by atoms with E-state index in [0.717, 1.165) is 32.1 Å². The fourth-order valence-corrected chi connectivity index (χ4v) is 7.23. The van der Waals surface area contributed by atoms with Gasteiger partial charge in [-0.2, -0.15) is 0 Å². The number of amides is 1. The van der Waals surface area contributed by atoms with Crippen LogP contribution in [0.4, 0.5) is 5.82 Å². The van der Waals surface area contributed by atoms with Crippen LogP contribution in [0.15, 0.2) is 12.3 Å². The Bertz CT molecular complexity index is 759. The van der Waals surface area contributed by atoms with E-state index in [9.17, 15) is 9.59 Å². The van der Waals surface area contributed by atoms with Crippen LogP contribution in [0.2, 0.25) is 10.0 Å². The maximum absolute atomic E-state index is 12.8. The number of carbonyl (C=O) groups is 2. The van der Waals surface area contributed by atoms with E-state index in [0.29, 0.717) is 16.9 Å². The standard InChI is InChI=1S/C18H19BrCl2N2O3/c19-18-5-10-1-11(6-18)4-17(3-10,9-18)16(25)26-8-14(24)23-15-13(21)2-12(20)7-22-15/h2,7,10-11H,1,3-6,8-9H2,(H,22,23,24). The second kappa shape index (κ2) is 6.64. The van der Waals surface area contributed by atoms with Crippen LogP contribution < -0.4 is 5.32 Å². The highest BCUT2D eigenvalue weighted by atomic mass is 79.9. The van der Waals surface area contributed by atoms with Crippen molar-refractivity contribution in [3.05, 3.63) is 22.3 Å². The lowest BCUT2D eigenvalue weighted by atomic mass is 9.49. The molecule has 4 aliphatic rings. The normalized spacial score (nSPS) is 34.6. The lowest BCUT2D eigenvalue weighted by molar-refractivity contribution is -0.170. The van der Waals surface area contributed by atoms with Gasteiger partial charge < -0.3 is 10.1 Å². The summed E-state index contributed by atoms with van der Waals surface area (Å²) in [5, 5.41) is 3.16. The molecule has 0 saturated heterocycles. The number of pyridine rings is 1. The Morgan fingerprint density at radius 2 is 1.96 bits per heavy atom. The average Bonchev–Trinajstić information content (AvgIpc) is 2.53. The summed E-state index contributed by atoms with van der Waals surface area (Å²) in [5.74, 6) is 0.642. The Kier molecular flexibility index (Phi) is 4.73. The molecule has 0 aromatic carbocycles. The Hall–Kier alpha value is -0.850. The molecule has 26 heavy (non-hydrogen) atoms. The number of rotatable bonds is 4. The zero-order valence-corrected chi connectivity index (χ0v) is 17.2. The molecular weight excluding hydrogens is 443 g/mol. The van der Waals surface area contributed by atoms with Crippen LogP contribution in [0.3, 0.4) is 0 Å². The van der Waals surface area contributed by atoms with Crippen LogP contribution in [0.25, 0.3) is 0 Å². The van der Waals surface area contributed by atoms with Crippen LogP contribution in [-0.4, -0.2) is 27.8 Å². The maximum atomic E-state index is 12.8. The van der Waals surface area contributed by atoms with E-state index in [-0.39, 0.29) is 27.7 Å². The smallest absolute Gasteiger partial charge is 0.312 e. The van der Waals surface area contributed by atoms with Gasteiger partial charge in [0.2, 0.25) is 0 Å². The van der Waals surface area contributed by atoms with E-state index in [2.05, 4.69) is 26.2 Å². The molecule has 140 valence electrons. The van der Waals surface area contributed by atoms with Gasteiger partial charge in [-0.1, -0.05) is 39.1 Å². The van der Waals surface area contributed by atoms with Crippen molar-refractivity contribution in [2.75, 3.05) is 11.9 Å². The lowest BCUT2D eigenvalue weighted by Crippen LogP contribution is -2.56. The Labute approximate surface area is 170 Å². The number of nitrogens with one attached hydrogen (secondary N) is 1. The summed E-state index contributed by atoms with van der Waals surface area (Å²) in [4.78, 5) is 28.9. The van der Waals surface area contributed by atoms with Gasteiger partial charge >= 0.3 is 5.97 Å². The van der Waals surface area contributed by atoms with Crippen LogP contribution in [-0.2, 0) is 14.3 Å². The highest BCUT2D eigenvalue weighted by Gasteiger charge is 2.60. The average molecular weight is 462 g/mol. The van der Waals surface area contributed by atoms with E-state index >= 15 is 0 Å². The summed E-state index contributed by atoms with van der Waals surface area (Å²) >= 11 is 15.7. The van der Waals surface area contributed by atoms with Crippen molar-refractivity contribution in [2.24, 2.45) is 17.3 Å². The van der Waals surface area contributed by atoms with Gasteiger partial charge in [0.1, 0.15) is 0 Å². The molecule has 5 nitrogen and oxygen atoms in total. The number of anilines is 1. The van der Waals surface area contributed by atoms with E-state index in [1.807, 2.05) is 0 Å². The van der Waals surface area contributed by atoms with E-state index in [1.165, 1.54) is 18.7 Å². The van der Waals surface area contributed by atoms with Gasteiger partial charge in [0.25, 0.3) is 5.91 Å². The highest BCUT2D eigenvalue weighted by molar-refractivity contribution is 9.10. The van der Waals surface area contributed by atoms with Gasteiger partial charge in [-0.25, -0.2) is 4.98 Å². The summed E-state index contributed by atoms with van der Waals surface area (Å²) in [5.41, 5.74) is -0.440. The first-order valence-electron chi connectivity index (χ1n) is 8.74. The topological polar surface area (TPSA) is 68.3 Å². The molecule has 2 atom stereocenters. The SMILES string of the molecule is O=C(COC(=O)C12CC3CC(CC(Br)(C3)C1)C2)Nc1ncc(Cl)cc1Cl. The molecule has 1 amide bonds. The molecule has 8 heteroatoms. The fraction of sp³-hybridized carbons (Fsp3) is 0.611. The third-order valence-electron chi connectivity index (χ3n) is 5.82. The summed E-state index contributed by atoms with van der Waals surface area (Å²) in [6, 6.07) is 1.49. The Morgan fingerprint density at radius 3 is 2.58 bits per heavy atom. The van der Waals surface area contributed by atoms with Crippen LogP contribution in [0.1, 0.15) is 38.5 Å².